The zero-order chi connectivity index (χ0) is 16.7. The summed E-state index contributed by atoms with van der Waals surface area (Å²) in [6.45, 7) is 1.94. The van der Waals surface area contributed by atoms with E-state index in [2.05, 4.69) is 15.4 Å². The second-order valence-electron chi connectivity index (χ2n) is 7.13. The van der Waals surface area contributed by atoms with E-state index in [0.29, 0.717) is 24.9 Å². The van der Waals surface area contributed by atoms with Crippen molar-refractivity contribution in [1.29, 1.82) is 0 Å². The van der Waals surface area contributed by atoms with Crippen molar-refractivity contribution in [2.75, 3.05) is 19.6 Å². The van der Waals surface area contributed by atoms with Gasteiger partial charge >= 0.3 is 0 Å². The van der Waals surface area contributed by atoms with Crippen molar-refractivity contribution in [1.82, 2.24) is 25.0 Å². The van der Waals surface area contributed by atoms with E-state index >= 15 is 0 Å². The lowest BCUT2D eigenvalue weighted by Gasteiger charge is -2.33. The number of hydrogen-bond donors (Lipinski definition) is 1. The van der Waals surface area contributed by atoms with Crippen LogP contribution in [0.15, 0.2) is 6.33 Å². The van der Waals surface area contributed by atoms with Gasteiger partial charge < -0.3 is 15.0 Å². The maximum absolute atomic E-state index is 12.5. The predicted octanol–water partition coefficient (Wildman–Crippen LogP) is -0.0391. The number of aromatic nitrogens is 3. The first-order valence-electron chi connectivity index (χ1n) is 8.68. The molecule has 0 radical (unpaired) electrons. The summed E-state index contributed by atoms with van der Waals surface area (Å²) in [5.41, 5.74) is 0. The number of carbonyl (C=O) groups is 2. The number of nitrogens with one attached hydrogen (secondary N) is 1. The molecule has 8 nitrogen and oxygen atoms in total. The van der Waals surface area contributed by atoms with Gasteiger partial charge in [0, 0.05) is 26.7 Å². The third-order valence-electron chi connectivity index (χ3n) is 5.18. The Labute approximate surface area is 140 Å². The molecule has 3 heterocycles. The summed E-state index contributed by atoms with van der Waals surface area (Å²) in [4.78, 5) is 30.4. The SMILES string of the molecule is Cn1cnc(C(=O)N2CC[C@H]3CC(C(=O)NCC4CC4)O[C@H]3C2)n1. The van der Waals surface area contributed by atoms with Gasteiger partial charge in [-0.1, -0.05) is 0 Å². The molecule has 0 spiro atoms. The first kappa shape index (κ1) is 15.6. The van der Waals surface area contributed by atoms with E-state index < -0.39 is 0 Å². The second-order valence-corrected chi connectivity index (χ2v) is 7.13. The minimum absolute atomic E-state index is 0.000527. The fraction of sp³-hybridized carbons (Fsp3) is 0.750. The van der Waals surface area contributed by atoms with Crippen LogP contribution in [0.1, 0.15) is 36.3 Å². The van der Waals surface area contributed by atoms with Crippen molar-refractivity contribution < 1.29 is 14.3 Å². The summed E-state index contributed by atoms with van der Waals surface area (Å²) in [5.74, 6) is 1.06. The van der Waals surface area contributed by atoms with E-state index in [1.807, 2.05) is 0 Å². The van der Waals surface area contributed by atoms with Gasteiger partial charge in [-0.25, -0.2) is 4.98 Å². The van der Waals surface area contributed by atoms with Gasteiger partial charge in [0.05, 0.1) is 6.10 Å². The Balaban J connectivity index is 1.33. The molecule has 2 saturated heterocycles. The third kappa shape index (κ3) is 3.15. The van der Waals surface area contributed by atoms with E-state index in [-0.39, 0.29) is 29.8 Å². The Bertz CT molecular complexity index is 641. The monoisotopic (exact) mass is 333 g/mol. The number of piperidine rings is 1. The Morgan fingerprint density at radius 1 is 1.38 bits per heavy atom. The standard InChI is InChI=1S/C16H23N5O3/c1-20-9-18-14(19-20)16(23)21-5-4-11-6-12(24-13(11)8-21)15(22)17-7-10-2-3-10/h9-13H,2-8H2,1H3,(H,17,22)/t11-,12?,13-/m0/s1. The minimum Gasteiger partial charge on any atom is -0.363 e. The van der Waals surface area contributed by atoms with Crippen LogP contribution in [0, 0.1) is 11.8 Å². The van der Waals surface area contributed by atoms with Crippen molar-refractivity contribution in [2.24, 2.45) is 18.9 Å². The first-order valence-corrected chi connectivity index (χ1v) is 8.68. The molecule has 3 aliphatic rings. The Hall–Kier alpha value is -1.96. The van der Waals surface area contributed by atoms with Crippen molar-refractivity contribution in [3.05, 3.63) is 12.2 Å². The van der Waals surface area contributed by atoms with Crippen LogP contribution in [0.3, 0.4) is 0 Å². The highest BCUT2D eigenvalue weighted by Crippen LogP contribution is 2.34. The number of amides is 2. The molecule has 2 aliphatic heterocycles. The number of fused-ring (bicyclic) bond motifs is 1. The van der Waals surface area contributed by atoms with E-state index in [1.54, 1.807) is 11.9 Å². The predicted molar refractivity (Wildman–Crippen MR) is 84.0 cm³/mol. The van der Waals surface area contributed by atoms with Crippen LogP contribution in [0.4, 0.5) is 0 Å². The summed E-state index contributed by atoms with van der Waals surface area (Å²) in [6.07, 6.45) is 5.13. The van der Waals surface area contributed by atoms with Gasteiger partial charge in [-0.3, -0.25) is 14.3 Å². The summed E-state index contributed by atoms with van der Waals surface area (Å²) in [7, 11) is 1.74. The molecule has 24 heavy (non-hydrogen) atoms. The number of ether oxygens (including phenoxy) is 1. The average Bonchev–Trinajstić information content (AvgIpc) is 3.15. The lowest BCUT2D eigenvalue weighted by Crippen LogP contribution is -2.46. The Morgan fingerprint density at radius 3 is 2.92 bits per heavy atom. The molecule has 1 aromatic heterocycles. The summed E-state index contributed by atoms with van der Waals surface area (Å²) < 4.78 is 7.47. The number of hydrogen-bond acceptors (Lipinski definition) is 5. The van der Waals surface area contributed by atoms with Gasteiger partial charge in [-0.05, 0) is 37.5 Å². The van der Waals surface area contributed by atoms with Gasteiger partial charge in [0.2, 0.25) is 11.7 Å². The first-order chi connectivity index (χ1) is 11.6. The maximum Gasteiger partial charge on any atom is 0.293 e. The van der Waals surface area contributed by atoms with Crippen LogP contribution in [-0.2, 0) is 16.6 Å². The molecular weight excluding hydrogens is 310 g/mol. The summed E-state index contributed by atoms with van der Waals surface area (Å²) in [6, 6.07) is 0. The van der Waals surface area contributed by atoms with Gasteiger partial charge in [0.25, 0.3) is 5.91 Å². The van der Waals surface area contributed by atoms with E-state index in [4.69, 9.17) is 4.74 Å². The molecule has 1 aliphatic carbocycles. The summed E-state index contributed by atoms with van der Waals surface area (Å²) >= 11 is 0. The highest BCUT2D eigenvalue weighted by Gasteiger charge is 2.43. The highest BCUT2D eigenvalue weighted by molar-refractivity contribution is 5.90. The molecule has 130 valence electrons. The van der Waals surface area contributed by atoms with Gasteiger partial charge in [0.15, 0.2) is 0 Å². The largest absolute Gasteiger partial charge is 0.363 e. The van der Waals surface area contributed by atoms with Crippen LogP contribution in [0.2, 0.25) is 0 Å². The van der Waals surface area contributed by atoms with Gasteiger partial charge in [-0.15, -0.1) is 5.10 Å². The third-order valence-corrected chi connectivity index (χ3v) is 5.18. The number of aryl methyl sites for hydroxylation is 1. The fourth-order valence-electron chi connectivity index (χ4n) is 3.54. The zero-order valence-electron chi connectivity index (χ0n) is 13.9. The van der Waals surface area contributed by atoms with Crippen LogP contribution in [-0.4, -0.2) is 63.3 Å². The molecule has 2 amide bonds. The van der Waals surface area contributed by atoms with Gasteiger partial charge in [0.1, 0.15) is 12.4 Å². The number of nitrogens with zero attached hydrogens (tertiary/aromatic N) is 4. The number of likely N-dealkylation sites (tertiary alicyclic amines) is 1. The molecule has 4 rings (SSSR count). The van der Waals surface area contributed by atoms with Crippen LogP contribution in [0.25, 0.3) is 0 Å². The molecular formula is C16H23N5O3. The zero-order valence-corrected chi connectivity index (χ0v) is 13.9. The lowest BCUT2D eigenvalue weighted by atomic mass is 9.91. The van der Waals surface area contributed by atoms with Crippen LogP contribution >= 0.6 is 0 Å². The van der Waals surface area contributed by atoms with Crippen LogP contribution < -0.4 is 5.32 Å². The highest BCUT2D eigenvalue weighted by atomic mass is 16.5. The lowest BCUT2D eigenvalue weighted by molar-refractivity contribution is -0.132. The topological polar surface area (TPSA) is 89.4 Å². The van der Waals surface area contributed by atoms with Crippen molar-refractivity contribution in [3.63, 3.8) is 0 Å². The normalized spacial score (nSPS) is 29.4. The van der Waals surface area contributed by atoms with Crippen LogP contribution in [0.5, 0.6) is 0 Å². The van der Waals surface area contributed by atoms with Crippen molar-refractivity contribution in [2.45, 2.75) is 37.9 Å². The Morgan fingerprint density at radius 2 is 2.21 bits per heavy atom. The molecule has 1 unspecified atom stereocenters. The summed E-state index contributed by atoms with van der Waals surface area (Å²) in [5, 5.41) is 7.06. The molecule has 1 saturated carbocycles. The molecule has 3 atom stereocenters. The fourth-order valence-corrected chi connectivity index (χ4v) is 3.54. The molecule has 0 aromatic carbocycles. The van der Waals surface area contributed by atoms with Gasteiger partial charge in [-0.2, -0.15) is 0 Å². The number of rotatable bonds is 4. The van der Waals surface area contributed by atoms with E-state index in [1.165, 1.54) is 23.9 Å². The van der Waals surface area contributed by atoms with E-state index in [9.17, 15) is 9.59 Å². The Kier molecular flexibility index (Phi) is 3.99. The molecule has 3 fully saturated rings. The number of carbonyl (C=O) groups excluding carboxylic acids is 2. The second kappa shape index (κ2) is 6.16. The van der Waals surface area contributed by atoms with Crippen molar-refractivity contribution >= 4 is 11.8 Å². The molecule has 0 bridgehead atoms. The quantitative estimate of drug-likeness (QED) is 0.835. The molecule has 1 N–H and O–H groups in total. The molecule has 1 aromatic rings. The minimum atomic E-state index is -0.373. The smallest absolute Gasteiger partial charge is 0.293 e. The van der Waals surface area contributed by atoms with Crippen molar-refractivity contribution in [3.8, 4) is 0 Å². The average molecular weight is 333 g/mol. The van der Waals surface area contributed by atoms with E-state index in [0.717, 1.165) is 19.4 Å². The maximum atomic E-state index is 12.5. The molecule has 8 heteroatoms.